The van der Waals surface area contributed by atoms with Gasteiger partial charge >= 0.3 is 0 Å². The molecule has 0 spiro atoms. The molecule has 1 fully saturated rings. The van der Waals surface area contributed by atoms with Crippen LogP contribution in [0.25, 0.3) is 0 Å². The predicted octanol–water partition coefficient (Wildman–Crippen LogP) is 1.63. The zero-order chi connectivity index (χ0) is 14.6. The van der Waals surface area contributed by atoms with Crippen molar-refractivity contribution in [3.05, 3.63) is 24.3 Å². The highest BCUT2D eigenvalue weighted by atomic mass is 32.2. The molecule has 1 aliphatic carbocycles. The Morgan fingerprint density at radius 1 is 1.30 bits per heavy atom. The van der Waals surface area contributed by atoms with Gasteiger partial charge in [0.15, 0.2) is 0 Å². The maximum Gasteiger partial charge on any atom is 0.240 e. The Bertz CT molecular complexity index is 528. The number of ether oxygens (including phenoxy) is 1. The van der Waals surface area contributed by atoms with Crippen molar-refractivity contribution in [1.29, 1.82) is 0 Å². The van der Waals surface area contributed by atoms with E-state index in [-0.39, 0.29) is 17.0 Å². The molecule has 0 aliphatic heterocycles. The highest BCUT2D eigenvalue weighted by molar-refractivity contribution is 7.89. The Hall–Kier alpha value is -1.11. The molecule has 3 N–H and O–H groups in total. The van der Waals surface area contributed by atoms with Gasteiger partial charge in [0.1, 0.15) is 11.9 Å². The molecule has 6 heteroatoms. The van der Waals surface area contributed by atoms with E-state index in [4.69, 9.17) is 10.5 Å². The van der Waals surface area contributed by atoms with Gasteiger partial charge in [-0.3, -0.25) is 0 Å². The average molecular weight is 298 g/mol. The number of nitrogens with one attached hydrogen (secondary N) is 1. The number of nitrogens with two attached hydrogens (primary N) is 1. The molecule has 2 atom stereocenters. The van der Waals surface area contributed by atoms with Crippen LogP contribution in [0.3, 0.4) is 0 Å². The largest absolute Gasteiger partial charge is 0.489 e. The first kappa shape index (κ1) is 15.3. The van der Waals surface area contributed by atoms with E-state index in [0.29, 0.717) is 12.3 Å². The quantitative estimate of drug-likeness (QED) is 0.836. The van der Waals surface area contributed by atoms with Crippen molar-refractivity contribution in [3.8, 4) is 5.75 Å². The third-order valence-corrected chi connectivity index (χ3v) is 4.94. The van der Waals surface area contributed by atoms with Crippen LogP contribution in [-0.2, 0) is 10.0 Å². The maximum atomic E-state index is 11.9. The van der Waals surface area contributed by atoms with Crippen LogP contribution in [0.5, 0.6) is 5.75 Å². The molecule has 1 saturated carbocycles. The van der Waals surface area contributed by atoms with Crippen LogP contribution in [-0.4, -0.2) is 27.1 Å². The van der Waals surface area contributed by atoms with Gasteiger partial charge in [-0.15, -0.1) is 0 Å². The Labute approximate surface area is 120 Å². The smallest absolute Gasteiger partial charge is 0.240 e. The first-order valence-corrected chi connectivity index (χ1v) is 8.53. The van der Waals surface area contributed by atoms with Gasteiger partial charge < -0.3 is 10.5 Å². The fourth-order valence-corrected chi connectivity index (χ4v) is 3.43. The summed E-state index contributed by atoms with van der Waals surface area (Å²) in [7, 11) is -3.41. The molecule has 2 rings (SSSR count). The van der Waals surface area contributed by atoms with Gasteiger partial charge in [0.05, 0.1) is 4.90 Å². The normalized spacial score (nSPS) is 22.9. The van der Waals surface area contributed by atoms with E-state index in [2.05, 4.69) is 4.72 Å². The van der Waals surface area contributed by atoms with Crippen LogP contribution < -0.4 is 15.2 Å². The summed E-state index contributed by atoms with van der Waals surface area (Å²) in [6, 6.07) is 6.57. The zero-order valence-electron chi connectivity index (χ0n) is 11.7. The van der Waals surface area contributed by atoms with Crippen molar-refractivity contribution in [2.24, 2.45) is 5.73 Å². The lowest BCUT2D eigenvalue weighted by Gasteiger charge is -2.18. The van der Waals surface area contributed by atoms with Gasteiger partial charge in [0, 0.05) is 12.6 Å². The predicted molar refractivity (Wildman–Crippen MR) is 78.2 cm³/mol. The summed E-state index contributed by atoms with van der Waals surface area (Å²) in [4.78, 5) is 0.258. The molecule has 0 aromatic heterocycles. The first-order chi connectivity index (χ1) is 9.53. The highest BCUT2D eigenvalue weighted by Crippen LogP contribution is 2.24. The van der Waals surface area contributed by atoms with Crippen LogP contribution in [0.4, 0.5) is 0 Å². The van der Waals surface area contributed by atoms with Crippen LogP contribution in [0.2, 0.25) is 0 Å². The van der Waals surface area contributed by atoms with E-state index in [0.717, 1.165) is 25.7 Å². The first-order valence-electron chi connectivity index (χ1n) is 7.05. The highest BCUT2D eigenvalue weighted by Gasteiger charge is 2.25. The van der Waals surface area contributed by atoms with Gasteiger partial charge in [-0.1, -0.05) is 6.92 Å². The van der Waals surface area contributed by atoms with Crippen LogP contribution >= 0.6 is 0 Å². The molecule has 5 nitrogen and oxygen atoms in total. The molecule has 20 heavy (non-hydrogen) atoms. The third kappa shape index (κ3) is 3.71. The molecular formula is C14H22N2O3S. The summed E-state index contributed by atoms with van der Waals surface area (Å²) >= 11 is 0. The minimum atomic E-state index is -3.41. The summed E-state index contributed by atoms with van der Waals surface area (Å²) < 4.78 is 32.2. The molecule has 2 unspecified atom stereocenters. The van der Waals surface area contributed by atoms with Crippen molar-refractivity contribution in [3.63, 3.8) is 0 Å². The monoisotopic (exact) mass is 298 g/mol. The van der Waals surface area contributed by atoms with E-state index in [9.17, 15) is 8.42 Å². The Balaban J connectivity index is 2.02. The Morgan fingerprint density at radius 3 is 2.55 bits per heavy atom. The fraction of sp³-hybridized carbons (Fsp3) is 0.571. The van der Waals surface area contributed by atoms with E-state index >= 15 is 0 Å². The molecule has 1 aromatic rings. The topological polar surface area (TPSA) is 81.4 Å². The number of hydrogen-bond donors (Lipinski definition) is 2. The maximum absolute atomic E-state index is 11.9. The lowest BCUT2D eigenvalue weighted by molar-refractivity contribution is 0.191. The second-order valence-corrected chi connectivity index (χ2v) is 6.89. The van der Waals surface area contributed by atoms with Crippen molar-refractivity contribution in [1.82, 2.24) is 4.72 Å². The van der Waals surface area contributed by atoms with E-state index in [1.807, 2.05) is 6.92 Å². The summed E-state index contributed by atoms with van der Waals surface area (Å²) in [5.41, 5.74) is 5.95. The van der Waals surface area contributed by atoms with Gasteiger partial charge in [0.2, 0.25) is 10.0 Å². The average Bonchev–Trinajstić information content (AvgIpc) is 2.83. The second-order valence-electron chi connectivity index (χ2n) is 5.12. The van der Waals surface area contributed by atoms with Crippen LogP contribution in [0, 0.1) is 0 Å². The Morgan fingerprint density at radius 2 is 2.00 bits per heavy atom. The zero-order valence-corrected chi connectivity index (χ0v) is 12.5. The van der Waals surface area contributed by atoms with Gasteiger partial charge in [-0.2, -0.15) is 0 Å². The molecule has 1 aromatic carbocycles. The summed E-state index contributed by atoms with van der Waals surface area (Å²) in [6.45, 7) is 2.36. The third-order valence-electron chi connectivity index (χ3n) is 3.47. The number of rotatable bonds is 6. The SMILES string of the molecule is CCCNS(=O)(=O)c1ccc(OC2CCCC2N)cc1. The van der Waals surface area contributed by atoms with Gasteiger partial charge in [-0.05, 0) is 49.9 Å². The van der Waals surface area contributed by atoms with E-state index in [1.165, 1.54) is 0 Å². The second kappa shape index (κ2) is 6.56. The molecular weight excluding hydrogens is 276 g/mol. The number of hydrogen-bond acceptors (Lipinski definition) is 4. The lowest BCUT2D eigenvalue weighted by Crippen LogP contribution is -2.33. The molecule has 0 bridgehead atoms. The van der Waals surface area contributed by atoms with Gasteiger partial charge in [0.25, 0.3) is 0 Å². The summed E-state index contributed by atoms with van der Waals surface area (Å²) in [5.74, 6) is 0.668. The standard InChI is InChI=1S/C14H22N2O3S/c1-2-10-16-20(17,18)12-8-6-11(7-9-12)19-14-5-3-4-13(14)15/h6-9,13-14,16H,2-5,10,15H2,1H3. The van der Waals surface area contributed by atoms with Gasteiger partial charge in [-0.25, -0.2) is 13.1 Å². The minimum Gasteiger partial charge on any atom is -0.489 e. The minimum absolute atomic E-state index is 0.0377. The molecule has 112 valence electrons. The molecule has 0 radical (unpaired) electrons. The molecule has 1 aliphatic rings. The molecule has 0 heterocycles. The van der Waals surface area contributed by atoms with Crippen LogP contribution in [0.1, 0.15) is 32.6 Å². The Kier molecular flexibility index (Phi) is 5.01. The van der Waals surface area contributed by atoms with E-state index < -0.39 is 10.0 Å². The fourth-order valence-electron chi connectivity index (χ4n) is 2.29. The molecule has 0 amide bonds. The van der Waals surface area contributed by atoms with Crippen LogP contribution in [0.15, 0.2) is 29.2 Å². The number of benzene rings is 1. The number of sulfonamides is 1. The van der Waals surface area contributed by atoms with Crippen molar-refractivity contribution in [2.75, 3.05) is 6.54 Å². The van der Waals surface area contributed by atoms with E-state index in [1.54, 1.807) is 24.3 Å². The van der Waals surface area contributed by atoms with Crippen molar-refractivity contribution < 1.29 is 13.2 Å². The summed E-state index contributed by atoms with van der Waals surface area (Å²) in [5, 5.41) is 0. The molecule has 0 saturated heterocycles. The van der Waals surface area contributed by atoms with Crippen molar-refractivity contribution >= 4 is 10.0 Å². The lowest BCUT2D eigenvalue weighted by atomic mass is 10.2. The van der Waals surface area contributed by atoms with Crippen molar-refractivity contribution in [2.45, 2.75) is 49.6 Å². The summed E-state index contributed by atoms with van der Waals surface area (Å²) in [6.07, 6.45) is 3.83.